The molecule has 9 nitrogen and oxygen atoms in total. The van der Waals surface area contributed by atoms with Crippen LogP contribution in [0.2, 0.25) is 5.02 Å². The number of carbonyl (C=O) groups is 1. The van der Waals surface area contributed by atoms with Crippen molar-refractivity contribution >= 4 is 38.8 Å². The molecular weight excluding hydrogens is 487 g/mol. The lowest BCUT2D eigenvalue weighted by atomic mass is 10.2. The van der Waals surface area contributed by atoms with Gasteiger partial charge >= 0.3 is 12.3 Å². The number of rotatable bonds is 8. The molecule has 0 bridgehead atoms. The van der Waals surface area contributed by atoms with Crippen LogP contribution in [0.15, 0.2) is 24.5 Å². The Labute approximate surface area is 192 Å². The fraction of sp³-hybridized carbons (Fsp3) is 0.421. The van der Waals surface area contributed by atoms with Gasteiger partial charge in [-0.15, -0.1) is 0 Å². The quantitative estimate of drug-likeness (QED) is 0.495. The molecule has 0 atom stereocenters. The average Bonchev–Trinajstić information content (AvgIpc) is 3.21. The topological polar surface area (TPSA) is 110 Å². The Morgan fingerprint density at radius 2 is 2.03 bits per heavy atom. The van der Waals surface area contributed by atoms with E-state index in [1.54, 1.807) is 41.5 Å². The molecule has 0 fully saturated rings. The first-order valence-corrected chi connectivity index (χ1v) is 11.7. The first-order valence-electron chi connectivity index (χ1n) is 9.75. The summed E-state index contributed by atoms with van der Waals surface area (Å²) < 4.78 is 65.8. The van der Waals surface area contributed by atoms with Crippen molar-refractivity contribution < 1.29 is 31.5 Å². The van der Waals surface area contributed by atoms with E-state index in [0.29, 0.717) is 27.7 Å². The molecule has 0 spiro atoms. The predicted molar refractivity (Wildman–Crippen MR) is 115 cm³/mol. The van der Waals surface area contributed by atoms with Crippen LogP contribution in [0.3, 0.4) is 0 Å². The van der Waals surface area contributed by atoms with Crippen molar-refractivity contribution in [1.29, 1.82) is 0 Å². The summed E-state index contributed by atoms with van der Waals surface area (Å²) in [7, 11) is -2.72. The summed E-state index contributed by atoms with van der Waals surface area (Å²) in [5.74, 6) is -0.0879. The number of amides is 1. The standard InChI is InChI=1S/C19H21ClF3N5O4S/c1-12-15(5-9-33(31,32)28(18(29)30)7-3-6-19(21,22)23)17(26(2)25-12)27-8-4-13-10-14(20)11-24-16(13)27/h4,8,10-11H,3,5-7,9H2,1-2H3,(H,29,30). The Hall–Kier alpha value is -2.80. The van der Waals surface area contributed by atoms with Crippen LogP contribution in [-0.4, -0.2) is 61.7 Å². The lowest BCUT2D eigenvalue weighted by Gasteiger charge is -2.20. The highest BCUT2D eigenvalue weighted by atomic mass is 35.5. The van der Waals surface area contributed by atoms with E-state index in [0.717, 1.165) is 5.39 Å². The van der Waals surface area contributed by atoms with Gasteiger partial charge in [-0.3, -0.25) is 9.25 Å². The molecule has 0 saturated heterocycles. The lowest BCUT2D eigenvalue weighted by Crippen LogP contribution is -2.39. The van der Waals surface area contributed by atoms with Gasteiger partial charge < -0.3 is 5.11 Å². The first-order chi connectivity index (χ1) is 15.3. The van der Waals surface area contributed by atoms with Gasteiger partial charge in [0.1, 0.15) is 11.5 Å². The molecule has 180 valence electrons. The second kappa shape index (κ2) is 9.21. The largest absolute Gasteiger partial charge is 0.464 e. The van der Waals surface area contributed by atoms with Crippen LogP contribution in [-0.2, 0) is 23.5 Å². The molecule has 3 aromatic rings. The molecular formula is C19H21ClF3N5O4S. The molecule has 33 heavy (non-hydrogen) atoms. The minimum atomic E-state index is -4.51. The van der Waals surface area contributed by atoms with Crippen molar-refractivity contribution in [2.75, 3.05) is 12.3 Å². The molecule has 0 unspecified atom stereocenters. The Kier molecular flexibility index (Phi) is 6.93. The van der Waals surface area contributed by atoms with E-state index < -0.39 is 47.4 Å². The summed E-state index contributed by atoms with van der Waals surface area (Å²) in [5.41, 5.74) is 1.62. The van der Waals surface area contributed by atoms with Gasteiger partial charge in [0.05, 0.1) is 16.5 Å². The number of aryl methyl sites for hydroxylation is 2. The summed E-state index contributed by atoms with van der Waals surface area (Å²) in [4.78, 5) is 15.8. The molecule has 1 N–H and O–H groups in total. The number of hydrogen-bond acceptors (Lipinski definition) is 5. The van der Waals surface area contributed by atoms with Gasteiger partial charge in [-0.2, -0.15) is 18.3 Å². The van der Waals surface area contributed by atoms with Gasteiger partial charge in [-0.1, -0.05) is 11.6 Å². The van der Waals surface area contributed by atoms with Crippen LogP contribution < -0.4 is 0 Å². The molecule has 0 aliphatic carbocycles. The zero-order chi connectivity index (χ0) is 24.6. The van der Waals surface area contributed by atoms with Crippen molar-refractivity contribution in [2.45, 2.75) is 32.4 Å². The highest BCUT2D eigenvalue weighted by Crippen LogP contribution is 2.26. The lowest BCUT2D eigenvalue weighted by molar-refractivity contribution is -0.135. The molecule has 0 aliphatic heterocycles. The fourth-order valence-corrected chi connectivity index (χ4v) is 5.06. The van der Waals surface area contributed by atoms with Crippen LogP contribution in [0.1, 0.15) is 24.1 Å². The minimum absolute atomic E-state index is 0.0682. The van der Waals surface area contributed by atoms with Gasteiger partial charge in [0.15, 0.2) is 0 Å². The molecule has 3 rings (SSSR count). The number of aromatic nitrogens is 4. The van der Waals surface area contributed by atoms with Crippen molar-refractivity contribution in [3.8, 4) is 5.82 Å². The van der Waals surface area contributed by atoms with Gasteiger partial charge in [-0.05, 0) is 31.9 Å². The molecule has 3 aromatic heterocycles. The van der Waals surface area contributed by atoms with Crippen LogP contribution in [0.25, 0.3) is 16.9 Å². The van der Waals surface area contributed by atoms with E-state index in [2.05, 4.69) is 10.1 Å². The van der Waals surface area contributed by atoms with Crippen LogP contribution in [0.5, 0.6) is 0 Å². The number of fused-ring (bicyclic) bond motifs is 1. The van der Waals surface area contributed by atoms with Gasteiger partial charge in [-0.25, -0.2) is 22.5 Å². The maximum absolute atomic E-state index is 12.7. The number of sulfonamides is 1. The SMILES string of the molecule is Cc1nn(C)c(-n2ccc3cc(Cl)cnc32)c1CCS(=O)(=O)N(CCCC(F)(F)F)C(=O)O. The van der Waals surface area contributed by atoms with E-state index in [-0.39, 0.29) is 10.7 Å². The van der Waals surface area contributed by atoms with E-state index in [4.69, 9.17) is 11.6 Å². The highest BCUT2D eigenvalue weighted by molar-refractivity contribution is 7.89. The van der Waals surface area contributed by atoms with Crippen molar-refractivity contribution in [3.63, 3.8) is 0 Å². The summed E-state index contributed by atoms with van der Waals surface area (Å²) in [6, 6.07) is 3.50. The van der Waals surface area contributed by atoms with Crippen molar-refractivity contribution in [3.05, 3.63) is 40.8 Å². The third-order valence-corrected chi connectivity index (χ3v) is 6.95. The zero-order valence-electron chi connectivity index (χ0n) is 17.7. The number of pyridine rings is 1. The van der Waals surface area contributed by atoms with Crippen LogP contribution in [0, 0.1) is 6.92 Å². The Morgan fingerprint density at radius 3 is 2.67 bits per heavy atom. The summed E-state index contributed by atoms with van der Waals surface area (Å²) >= 11 is 5.99. The average molecular weight is 508 g/mol. The van der Waals surface area contributed by atoms with E-state index in [9.17, 15) is 31.5 Å². The second-order valence-corrected chi connectivity index (χ2v) is 9.85. The van der Waals surface area contributed by atoms with Gasteiger partial charge in [0, 0.05) is 43.4 Å². The Balaban J connectivity index is 1.87. The van der Waals surface area contributed by atoms with Gasteiger partial charge in [0.2, 0.25) is 10.0 Å². The summed E-state index contributed by atoms with van der Waals surface area (Å²) in [6.45, 7) is 0.905. The summed E-state index contributed by atoms with van der Waals surface area (Å²) in [5, 5.41) is 14.8. The zero-order valence-corrected chi connectivity index (χ0v) is 19.2. The predicted octanol–water partition coefficient (Wildman–Crippen LogP) is 3.92. The molecule has 0 saturated carbocycles. The number of alkyl halides is 3. The maximum atomic E-state index is 12.7. The molecule has 1 amide bonds. The third-order valence-electron chi connectivity index (χ3n) is 5.02. The highest BCUT2D eigenvalue weighted by Gasteiger charge is 2.31. The first kappa shape index (κ1) is 24.8. The maximum Gasteiger partial charge on any atom is 0.421 e. The van der Waals surface area contributed by atoms with Crippen molar-refractivity contribution in [2.24, 2.45) is 7.05 Å². The molecule has 0 aliphatic rings. The summed E-state index contributed by atoms with van der Waals surface area (Å²) in [6.07, 6.45) is -5.17. The normalized spacial score (nSPS) is 12.4. The van der Waals surface area contributed by atoms with E-state index in [1.807, 2.05) is 0 Å². The van der Waals surface area contributed by atoms with Crippen LogP contribution >= 0.6 is 11.6 Å². The molecule has 0 aromatic carbocycles. The molecule has 3 heterocycles. The number of nitrogens with zero attached hydrogens (tertiary/aromatic N) is 5. The monoisotopic (exact) mass is 507 g/mol. The van der Waals surface area contributed by atoms with E-state index >= 15 is 0 Å². The molecule has 0 radical (unpaired) electrons. The third kappa shape index (κ3) is 5.58. The minimum Gasteiger partial charge on any atom is -0.464 e. The Bertz CT molecular complexity index is 1290. The van der Waals surface area contributed by atoms with Crippen LogP contribution in [0.4, 0.5) is 18.0 Å². The molecule has 14 heteroatoms. The van der Waals surface area contributed by atoms with E-state index in [1.165, 1.54) is 6.20 Å². The fourth-order valence-electron chi connectivity index (χ4n) is 3.57. The number of hydrogen-bond donors (Lipinski definition) is 1. The smallest absolute Gasteiger partial charge is 0.421 e. The number of carboxylic acid groups (broad SMARTS) is 1. The van der Waals surface area contributed by atoms with Crippen molar-refractivity contribution in [1.82, 2.24) is 23.6 Å². The number of halogens is 4. The van der Waals surface area contributed by atoms with Gasteiger partial charge in [0.25, 0.3) is 0 Å². The second-order valence-electron chi connectivity index (χ2n) is 7.40. The Morgan fingerprint density at radius 1 is 1.33 bits per heavy atom.